The summed E-state index contributed by atoms with van der Waals surface area (Å²) in [5.41, 5.74) is 1.68. The van der Waals surface area contributed by atoms with Crippen LogP contribution in [0.15, 0.2) is 18.2 Å². The van der Waals surface area contributed by atoms with Crippen molar-refractivity contribution < 1.29 is 9.66 Å². The highest BCUT2D eigenvalue weighted by Gasteiger charge is 2.12. The van der Waals surface area contributed by atoms with Crippen LogP contribution in [0.2, 0.25) is 0 Å². The van der Waals surface area contributed by atoms with Gasteiger partial charge in [-0.25, -0.2) is 0 Å². The van der Waals surface area contributed by atoms with Crippen LogP contribution in [-0.4, -0.2) is 24.2 Å². The summed E-state index contributed by atoms with van der Waals surface area (Å²) >= 11 is 0. The van der Waals surface area contributed by atoms with Crippen LogP contribution in [0.1, 0.15) is 32.3 Å². The van der Waals surface area contributed by atoms with Gasteiger partial charge in [0.2, 0.25) is 0 Å². The number of nitro benzene ring substituents is 1. The van der Waals surface area contributed by atoms with E-state index in [1.54, 1.807) is 13.0 Å². The Kier molecular flexibility index (Phi) is 6.29. The Balaban J connectivity index is 2.37. The number of ether oxygens (including phenoxy) is 1. The molecule has 0 aliphatic carbocycles. The fourth-order valence-electron chi connectivity index (χ4n) is 1.78. The highest BCUT2D eigenvalue weighted by Crippen LogP contribution is 2.24. The van der Waals surface area contributed by atoms with Crippen LogP contribution in [0.3, 0.4) is 0 Å². The van der Waals surface area contributed by atoms with Gasteiger partial charge in [-0.3, -0.25) is 10.1 Å². The molecule has 0 unspecified atom stereocenters. The normalized spacial score (nSPS) is 10.7. The van der Waals surface area contributed by atoms with Crippen LogP contribution in [0.25, 0.3) is 0 Å². The summed E-state index contributed by atoms with van der Waals surface area (Å²) < 4.78 is 5.45. The van der Waals surface area contributed by atoms with Gasteiger partial charge in [0.15, 0.2) is 0 Å². The minimum Gasteiger partial charge on any atom is -0.385 e. The van der Waals surface area contributed by atoms with E-state index in [9.17, 15) is 10.1 Å². The zero-order valence-corrected chi connectivity index (χ0v) is 11.8. The average Bonchev–Trinajstić information content (AvgIpc) is 2.34. The zero-order valence-electron chi connectivity index (χ0n) is 11.8. The number of nitrogens with zero attached hydrogens (tertiary/aromatic N) is 1. The lowest BCUT2D eigenvalue weighted by molar-refractivity contribution is -0.385. The molecule has 0 spiro atoms. The fraction of sp³-hybridized carbons (Fsp3) is 0.571. The van der Waals surface area contributed by atoms with Gasteiger partial charge in [0.25, 0.3) is 5.69 Å². The highest BCUT2D eigenvalue weighted by molar-refractivity contribution is 5.59. The van der Waals surface area contributed by atoms with E-state index in [2.05, 4.69) is 5.32 Å². The molecule has 5 nitrogen and oxygen atoms in total. The topological polar surface area (TPSA) is 64.4 Å². The lowest BCUT2D eigenvalue weighted by atomic mass is 10.1. The molecule has 1 rings (SSSR count). The maximum Gasteiger partial charge on any atom is 0.274 e. The zero-order chi connectivity index (χ0) is 14.3. The number of nitrogens with one attached hydrogen (secondary N) is 1. The van der Waals surface area contributed by atoms with Crippen molar-refractivity contribution in [2.75, 3.05) is 18.5 Å². The maximum absolute atomic E-state index is 10.8. The molecule has 5 heteroatoms. The summed E-state index contributed by atoms with van der Waals surface area (Å²) in [5, 5.41) is 14.1. The molecule has 0 heterocycles. The molecule has 0 bridgehead atoms. The molecule has 1 N–H and O–H groups in total. The van der Waals surface area contributed by atoms with E-state index in [0.717, 1.165) is 31.7 Å². The van der Waals surface area contributed by atoms with Crippen LogP contribution in [0.5, 0.6) is 0 Å². The van der Waals surface area contributed by atoms with Gasteiger partial charge >= 0.3 is 0 Å². The Morgan fingerprint density at radius 2 is 2.11 bits per heavy atom. The smallest absolute Gasteiger partial charge is 0.274 e. The first-order valence-corrected chi connectivity index (χ1v) is 6.62. The van der Waals surface area contributed by atoms with Gasteiger partial charge < -0.3 is 10.1 Å². The summed E-state index contributed by atoms with van der Waals surface area (Å²) in [5.74, 6) is 0. The van der Waals surface area contributed by atoms with Gasteiger partial charge in [-0.2, -0.15) is 0 Å². The Labute approximate surface area is 114 Å². The lowest BCUT2D eigenvalue weighted by Crippen LogP contribution is -2.08. The molecular formula is C14H22N2O3. The summed E-state index contributed by atoms with van der Waals surface area (Å²) in [6, 6.07) is 5.10. The first-order chi connectivity index (χ1) is 9.02. The van der Waals surface area contributed by atoms with E-state index in [1.165, 1.54) is 6.07 Å². The quantitative estimate of drug-likeness (QED) is 0.444. The van der Waals surface area contributed by atoms with Crippen molar-refractivity contribution in [3.05, 3.63) is 33.9 Å². The molecule has 0 aliphatic rings. The standard InChI is InChI=1S/C14H22N2O3/c1-11(2)19-10-5-4-9-15-13-7-6-8-14(12(13)3)16(17)18/h6-8,11,15H,4-5,9-10H2,1-3H3. The number of rotatable bonds is 8. The molecule has 1 aromatic rings. The number of nitro groups is 1. The molecular weight excluding hydrogens is 244 g/mol. The third-order valence-electron chi connectivity index (χ3n) is 2.84. The van der Waals surface area contributed by atoms with E-state index in [-0.39, 0.29) is 16.7 Å². The second kappa shape index (κ2) is 7.74. The largest absolute Gasteiger partial charge is 0.385 e. The second-order valence-corrected chi connectivity index (χ2v) is 4.76. The molecule has 0 aromatic heterocycles. The molecule has 0 aliphatic heterocycles. The minimum atomic E-state index is -0.350. The van der Waals surface area contributed by atoms with Gasteiger partial charge in [0.05, 0.1) is 11.0 Å². The van der Waals surface area contributed by atoms with E-state index < -0.39 is 0 Å². The van der Waals surface area contributed by atoms with E-state index in [1.807, 2.05) is 19.9 Å². The third kappa shape index (κ3) is 5.26. The van der Waals surface area contributed by atoms with Gasteiger partial charge in [-0.15, -0.1) is 0 Å². The number of anilines is 1. The SMILES string of the molecule is Cc1c(NCCCCOC(C)C)cccc1[N+](=O)[O-]. The molecule has 0 radical (unpaired) electrons. The first-order valence-electron chi connectivity index (χ1n) is 6.62. The van der Waals surface area contributed by atoms with Crippen molar-refractivity contribution in [3.63, 3.8) is 0 Å². The van der Waals surface area contributed by atoms with Gasteiger partial charge in [0, 0.05) is 30.5 Å². The molecule has 0 saturated carbocycles. The summed E-state index contributed by atoms with van der Waals surface area (Å²) in [7, 11) is 0. The summed E-state index contributed by atoms with van der Waals surface area (Å²) in [6.45, 7) is 7.36. The predicted octanol–water partition coefficient (Wildman–Crippen LogP) is 3.52. The first kappa shape index (κ1) is 15.4. The van der Waals surface area contributed by atoms with Crippen LogP contribution in [-0.2, 0) is 4.74 Å². The van der Waals surface area contributed by atoms with Crippen molar-refractivity contribution in [1.29, 1.82) is 0 Å². The molecule has 106 valence electrons. The Hall–Kier alpha value is -1.62. The van der Waals surface area contributed by atoms with Crippen molar-refractivity contribution in [1.82, 2.24) is 0 Å². The molecule has 0 atom stereocenters. The average molecular weight is 266 g/mol. The number of benzene rings is 1. The third-order valence-corrected chi connectivity index (χ3v) is 2.84. The van der Waals surface area contributed by atoms with Gasteiger partial charge in [-0.1, -0.05) is 6.07 Å². The number of hydrogen-bond donors (Lipinski definition) is 1. The van der Waals surface area contributed by atoms with Crippen LogP contribution in [0, 0.1) is 17.0 Å². The van der Waals surface area contributed by atoms with Crippen molar-refractivity contribution >= 4 is 11.4 Å². The molecule has 1 aromatic carbocycles. The van der Waals surface area contributed by atoms with Crippen LogP contribution in [0.4, 0.5) is 11.4 Å². The van der Waals surface area contributed by atoms with E-state index in [0.29, 0.717) is 5.56 Å². The van der Waals surface area contributed by atoms with Gasteiger partial charge in [0.1, 0.15) is 0 Å². The molecule has 0 saturated heterocycles. The van der Waals surface area contributed by atoms with Crippen molar-refractivity contribution in [2.24, 2.45) is 0 Å². The number of hydrogen-bond acceptors (Lipinski definition) is 4. The van der Waals surface area contributed by atoms with Crippen molar-refractivity contribution in [3.8, 4) is 0 Å². The molecule has 0 fully saturated rings. The molecule has 0 amide bonds. The van der Waals surface area contributed by atoms with E-state index >= 15 is 0 Å². The summed E-state index contributed by atoms with van der Waals surface area (Å²) in [6.07, 6.45) is 2.24. The Morgan fingerprint density at radius 3 is 2.74 bits per heavy atom. The predicted molar refractivity (Wildman–Crippen MR) is 76.6 cm³/mol. The monoisotopic (exact) mass is 266 g/mol. The fourth-order valence-corrected chi connectivity index (χ4v) is 1.78. The van der Waals surface area contributed by atoms with Crippen LogP contribution >= 0.6 is 0 Å². The van der Waals surface area contributed by atoms with E-state index in [4.69, 9.17) is 4.74 Å². The molecule has 19 heavy (non-hydrogen) atoms. The van der Waals surface area contributed by atoms with Crippen LogP contribution < -0.4 is 5.32 Å². The second-order valence-electron chi connectivity index (χ2n) is 4.76. The van der Waals surface area contributed by atoms with Gasteiger partial charge in [-0.05, 0) is 39.7 Å². The lowest BCUT2D eigenvalue weighted by Gasteiger charge is -2.10. The minimum absolute atomic E-state index is 0.160. The highest BCUT2D eigenvalue weighted by atomic mass is 16.6. The van der Waals surface area contributed by atoms with Crippen molar-refractivity contribution in [2.45, 2.75) is 39.7 Å². The Morgan fingerprint density at radius 1 is 1.37 bits per heavy atom. The summed E-state index contributed by atoms with van der Waals surface area (Å²) in [4.78, 5) is 10.5. The Bertz CT molecular complexity index is 419. The maximum atomic E-state index is 10.8. The number of unbranched alkanes of at least 4 members (excludes halogenated alkanes) is 1.